The van der Waals surface area contributed by atoms with Gasteiger partial charge in [0, 0.05) is 11.5 Å². The topological polar surface area (TPSA) is 17.1 Å². The number of hydrogen-bond acceptors (Lipinski definition) is 1. The summed E-state index contributed by atoms with van der Waals surface area (Å²) in [4.78, 5) is 13.1. The lowest BCUT2D eigenvalue weighted by molar-refractivity contribution is -0.923. The SMILES string of the molecule is CC[N+](CC)(CC)CCCC(C(=O)c1ccccc1)c1ccccc1. The van der Waals surface area contributed by atoms with Crippen LogP contribution in [0.1, 0.15) is 55.5 Å². The van der Waals surface area contributed by atoms with Crippen LogP contribution in [0.25, 0.3) is 0 Å². The van der Waals surface area contributed by atoms with Crippen molar-refractivity contribution < 1.29 is 9.28 Å². The Morgan fingerprint density at radius 1 is 0.840 bits per heavy atom. The molecule has 0 saturated heterocycles. The van der Waals surface area contributed by atoms with Gasteiger partial charge in [0.15, 0.2) is 5.78 Å². The van der Waals surface area contributed by atoms with Crippen LogP contribution >= 0.6 is 0 Å². The zero-order valence-corrected chi connectivity index (χ0v) is 15.9. The van der Waals surface area contributed by atoms with Gasteiger partial charge in [0.2, 0.25) is 0 Å². The first-order valence-corrected chi connectivity index (χ1v) is 9.65. The highest BCUT2D eigenvalue weighted by Gasteiger charge is 2.25. The Hall–Kier alpha value is -1.93. The highest BCUT2D eigenvalue weighted by Crippen LogP contribution is 2.26. The first-order chi connectivity index (χ1) is 12.2. The molecule has 25 heavy (non-hydrogen) atoms. The van der Waals surface area contributed by atoms with Crippen molar-refractivity contribution in [1.29, 1.82) is 0 Å². The first kappa shape index (κ1) is 19.4. The standard InChI is InChI=1S/C23H32NO/c1-4-24(5-2,6-3)19-13-18-22(20-14-9-7-10-15-20)23(25)21-16-11-8-12-17-21/h7-12,14-17,22H,4-6,13,18-19H2,1-3H3/q+1. The summed E-state index contributed by atoms with van der Waals surface area (Å²) in [5.41, 5.74) is 1.96. The maximum Gasteiger partial charge on any atom is 0.170 e. The van der Waals surface area contributed by atoms with Crippen LogP contribution in [0.3, 0.4) is 0 Å². The van der Waals surface area contributed by atoms with Crippen LogP contribution in [0.15, 0.2) is 60.7 Å². The lowest BCUT2D eigenvalue weighted by Crippen LogP contribution is -2.48. The van der Waals surface area contributed by atoms with E-state index in [2.05, 4.69) is 32.9 Å². The molecule has 0 saturated carbocycles. The molecule has 0 aliphatic heterocycles. The molecule has 0 bridgehead atoms. The molecule has 2 aromatic carbocycles. The number of ketones is 1. The fraction of sp³-hybridized carbons (Fsp3) is 0.435. The second kappa shape index (κ2) is 9.53. The molecule has 2 nitrogen and oxygen atoms in total. The minimum Gasteiger partial charge on any atom is -0.324 e. The average Bonchev–Trinajstić information content (AvgIpc) is 2.70. The van der Waals surface area contributed by atoms with Crippen molar-refractivity contribution in [3.05, 3.63) is 71.8 Å². The molecule has 0 aliphatic rings. The van der Waals surface area contributed by atoms with Gasteiger partial charge in [-0.2, -0.15) is 0 Å². The molecule has 0 fully saturated rings. The van der Waals surface area contributed by atoms with Crippen LogP contribution in [0, 0.1) is 0 Å². The summed E-state index contributed by atoms with van der Waals surface area (Å²) in [6.07, 6.45) is 1.99. The fourth-order valence-corrected chi connectivity index (χ4v) is 3.71. The predicted octanol–water partition coefficient (Wildman–Crippen LogP) is 5.31. The van der Waals surface area contributed by atoms with Gasteiger partial charge in [0.1, 0.15) is 0 Å². The maximum absolute atomic E-state index is 13.1. The van der Waals surface area contributed by atoms with E-state index in [-0.39, 0.29) is 11.7 Å². The van der Waals surface area contributed by atoms with Crippen LogP contribution in [0.2, 0.25) is 0 Å². The third-order valence-electron chi connectivity index (χ3n) is 5.71. The molecule has 2 heteroatoms. The normalized spacial score (nSPS) is 12.8. The van der Waals surface area contributed by atoms with Gasteiger partial charge in [-0.25, -0.2) is 0 Å². The zero-order chi connectivity index (χ0) is 18.1. The summed E-state index contributed by atoms with van der Waals surface area (Å²) < 4.78 is 1.14. The Labute approximate surface area is 153 Å². The lowest BCUT2D eigenvalue weighted by Gasteiger charge is -2.36. The summed E-state index contributed by atoms with van der Waals surface area (Å²) in [7, 11) is 0. The predicted molar refractivity (Wildman–Crippen MR) is 106 cm³/mol. The van der Waals surface area contributed by atoms with E-state index < -0.39 is 0 Å². The molecule has 0 radical (unpaired) electrons. The van der Waals surface area contributed by atoms with E-state index in [1.165, 1.54) is 0 Å². The number of quaternary nitrogens is 1. The third kappa shape index (κ3) is 5.02. The van der Waals surface area contributed by atoms with Gasteiger partial charge in [0.25, 0.3) is 0 Å². The van der Waals surface area contributed by atoms with Gasteiger partial charge in [0.05, 0.1) is 26.2 Å². The minimum atomic E-state index is -0.0453. The Morgan fingerprint density at radius 3 is 1.88 bits per heavy atom. The quantitative estimate of drug-likeness (QED) is 0.424. The molecule has 0 spiro atoms. The molecule has 0 N–H and O–H groups in total. The summed E-state index contributed by atoms with van der Waals surface area (Å²) in [6.45, 7) is 11.5. The zero-order valence-electron chi connectivity index (χ0n) is 15.9. The van der Waals surface area contributed by atoms with Gasteiger partial charge in [-0.15, -0.1) is 0 Å². The average molecular weight is 339 g/mol. The van der Waals surface area contributed by atoms with Gasteiger partial charge in [-0.3, -0.25) is 4.79 Å². The second-order valence-corrected chi connectivity index (χ2v) is 6.85. The highest BCUT2D eigenvalue weighted by atomic mass is 16.1. The number of hydrogen-bond donors (Lipinski definition) is 0. The van der Waals surface area contributed by atoms with Crippen molar-refractivity contribution in [2.45, 2.75) is 39.5 Å². The summed E-state index contributed by atoms with van der Waals surface area (Å²) in [5, 5.41) is 0. The first-order valence-electron chi connectivity index (χ1n) is 9.65. The molecule has 0 amide bonds. The second-order valence-electron chi connectivity index (χ2n) is 6.85. The van der Waals surface area contributed by atoms with Crippen LogP contribution in [-0.2, 0) is 0 Å². The fourth-order valence-electron chi connectivity index (χ4n) is 3.71. The van der Waals surface area contributed by atoms with Gasteiger partial charge in [-0.05, 0) is 39.2 Å². The summed E-state index contributed by atoms with van der Waals surface area (Å²) in [6, 6.07) is 20.0. The number of rotatable bonds is 10. The van der Waals surface area contributed by atoms with E-state index in [4.69, 9.17) is 0 Å². The van der Waals surface area contributed by atoms with E-state index in [0.717, 1.165) is 54.6 Å². The largest absolute Gasteiger partial charge is 0.324 e. The van der Waals surface area contributed by atoms with E-state index in [1.54, 1.807) is 0 Å². The summed E-state index contributed by atoms with van der Waals surface area (Å²) in [5.74, 6) is 0.200. The van der Waals surface area contributed by atoms with Gasteiger partial charge >= 0.3 is 0 Å². The molecule has 1 atom stereocenters. The molecular weight excluding hydrogens is 306 g/mol. The Bertz CT molecular complexity index is 623. The van der Waals surface area contributed by atoms with Crippen molar-refractivity contribution >= 4 is 5.78 Å². The lowest BCUT2D eigenvalue weighted by atomic mass is 9.87. The Morgan fingerprint density at radius 2 is 1.36 bits per heavy atom. The number of carbonyl (C=O) groups excluding carboxylic acids is 1. The van der Waals surface area contributed by atoms with E-state index in [0.29, 0.717) is 0 Å². The molecule has 0 aliphatic carbocycles. The molecular formula is C23H32NO+. The van der Waals surface area contributed by atoms with E-state index in [9.17, 15) is 4.79 Å². The highest BCUT2D eigenvalue weighted by molar-refractivity contribution is 6.00. The van der Waals surface area contributed by atoms with E-state index in [1.807, 2.05) is 48.5 Å². The molecule has 0 aromatic heterocycles. The minimum absolute atomic E-state index is 0.0453. The van der Waals surface area contributed by atoms with Crippen molar-refractivity contribution in [1.82, 2.24) is 0 Å². The number of nitrogens with zero attached hydrogens (tertiary/aromatic N) is 1. The van der Waals surface area contributed by atoms with Crippen LogP contribution in [0.5, 0.6) is 0 Å². The smallest absolute Gasteiger partial charge is 0.170 e. The number of benzene rings is 2. The molecule has 0 heterocycles. The molecule has 1 unspecified atom stereocenters. The number of Topliss-reactive ketones (excluding diaryl/α,β-unsaturated/α-hetero) is 1. The number of carbonyl (C=O) groups is 1. The third-order valence-corrected chi connectivity index (χ3v) is 5.71. The van der Waals surface area contributed by atoms with Crippen molar-refractivity contribution in [2.24, 2.45) is 0 Å². The van der Waals surface area contributed by atoms with Crippen molar-refractivity contribution in [3.63, 3.8) is 0 Å². The Balaban J connectivity index is 2.15. The Kier molecular flexibility index (Phi) is 7.39. The van der Waals surface area contributed by atoms with Crippen molar-refractivity contribution in [2.75, 3.05) is 26.2 Å². The van der Waals surface area contributed by atoms with Crippen LogP contribution in [0.4, 0.5) is 0 Å². The monoisotopic (exact) mass is 338 g/mol. The van der Waals surface area contributed by atoms with Gasteiger partial charge in [-0.1, -0.05) is 60.7 Å². The van der Waals surface area contributed by atoms with Crippen LogP contribution in [-0.4, -0.2) is 36.4 Å². The summed E-state index contributed by atoms with van der Waals surface area (Å²) >= 11 is 0. The van der Waals surface area contributed by atoms with E-state index >= 15 is 0 Å². The molecule has 2 aromatic rings. The maximum atomic E-state index is 13.1. The van der Waals surface area contributed by atoms with Crippen molar-refractivity contribution in [3.8, 4) is 0 Å². The molecule has 2 rings (SSSR count). The molecule has 134 valence electrons. The van der Waals surface area contributed by atoms with Crippen LogP contribution < -0.4 is 0 Å². The van der Waals surface area contributed by atoms with Gasteiger partial charge < -0.3 is 4.48 Å².